The summed E-state index contributed by atoms with van der Waals surface area (Å²) in [4.78, 5) is 1.39. The Morgan fingerprint density at radius 2 is 2.12 bits per heavy atom. The van der Waals surface area contributed by atoms with Gasteiger partial charge in [-0.15, -0.1) is 11.3 Å². The quantitative estimate of drug-likeness (QED) is 0.858. The Morgan fingerprint density at radius 3 is 2.75 bits per heavy atom. The molecule has 0 aliphatic heterocycles. The first-order valence-corrected chi connectivity index (χ1v) is 6.46. The first kappa shape index (κ1) is 11.4. The zero-order valence-corrected chi connectivity index (χ0v) is 10.3. The molecule has 2 aromatic rings. The third-order valence-corrected chi connectivity index (χ3v) is 3.83. The minimum Gasteiger partial charge on any atom is -0.330 e. The molecule has 0 bridgehead atoms. The lowest BCUT2D eigenvalue weighted by atomic mass is 9.97. The van der Waals surface area contributed by atoms with E-state index in [1.165, 1.54) is 16.0 Å². The number of nitrogens with two attached hydrogens (primary N) is 1. The van der Waals surface area contributed by atoms with E-state index in [0.717, 1.165) is 6.42 Å². The van der Waals surface area contributed by atoms with Gasteiger partial charge in [-0.3, -0.25) is 0 Å². The Labute approximate surface area is 101 Å². The van der Waals surface area contributed by atoms with Gasteiger partial charge in [0, 0.05) is 17.3 Å². The highest BCUT2D eigenvalue weighted by atomic mass is 32.1. The summed E-state index contributed by atoms with van der Waals surface area (Å²) in [5.41, 5.74) is 8.55. The van der Waals surface area contributed by atoms with Crippen molar-refractivity contribution in [2.45, 2.75) is 19.3 Å². The van der Waals surface area contributed by atoms with Gasteiger partial charge in [-0.2, -0.15) is 0 Å². The molecule has 16 heavy (non-hydrogen) atoms. The van der Waals surface area contributed by atoms with Gasteiger partial charge >= 0.3 is 0 Å². The lowest BCUT2D eigenvalue weighted by Crippen LogP contribution is -2.13. The fourth-order valence-corrected chi connectivity index (χ4v) is 2.79. The molecule has 2 heteroatoms. The molecule has 1 atom stereocenters. The molecule has 0 spiro atoms. The number of aryl methyl sites for hydroxylation is 1. The second-order valence-electron chi connectivity index (χ2n) is 4.14. The maximum Gasteiger partial charge on any atom is 0.00958 e. The summed E-state index contributed by atoms with van der Waals surface area (Å²) in [6.45, 7) is 2.85. The van der Waals surface area contributed by atoms with Crippen LogP contribution in [0.25, 0.3) is 0 Å². The van der Waals surface area contributed by atoms with Gasteiger partial charge in [-0.1, -0.05) is 35.9 Å². The number of benzene rings is 1. The average Bonchev–Trinajstić information content (AvgIpc) is 2.79. The van der Waals surface area contributed by atoms with Crippen molar-refractivity contribution in [2.24, 2.45) is 5.73 Å². The van der Waals surface area contributed by atoms with E-state index in [-0.39, 0.29) is 0 Å². The first-order valence-electron chi connectivity index (χ1n) is 5.58. The zero-order chi connectivity index (χ0) is 11.4. The van der Waals surface area contributed by atoms with E-state index in [9.17, 15) is 0 Å². The molecule has 1 aromatic carbocycles. The third kappa shape index (κ3) is 2.71. The van der Waals surface area contributed by atoms with Crippen molar-refractivity contribution in [1.82, 2.24) is 0 Å². The van der Waals surface area contributed by atoms with Crippen LogP contribution in [0.5, 0.6) is 0 Å². The molecule has 2 rings (SSSR count). The van der Waals surface area contributed by atoms with E-state index in [4.69, 9.17) is 5.73 Å². The topological polar surface area (TPSA) is 26.0 Å². The Balaban J connectivity index is 2.13. The van der Waals surface area contributed by atoms with Crippen LogP contribution in [0, 0.1) is 6.92 Å². The van der Waals surface area contributed by atoms with Crippen molar-refractivity contribution < 1.29 is 0 Å². The van der Waals surface area contributed by atoms with Crippen LogP contribution in [-0.2, 0) is 6.42 Å². The van der Waals surface area contributed by atoms with Crippen molar-refractivity contribution in [3.8, 4) is 0 Å². The maximum absolute atomic E-state index is 5.86. The Bertz CT molecular complexity index is 434. The number of rotatable bonds is 4. The van der Waals surface area contributed by atoms with E-state index < -0.39 is 0 Å². The monoisotopic (exact) mass is 231 g/mol. The van der Waals surface area contributed by atoms with E-state index in [2.05, 4.69) is 48.7 Å². The maximum atomic E-state index is 5.86. The predicted molar refractivity (Wildman–Crippen MR) is 71.0 cm³/mol. The highest BCUT2D eigenvalue weighted by molar-refractivity contribution is 7.10. The molecule has 1 aromatic heterocycles. The smallest absolute Gasteiger partial charge is 0.00958 e. The third-order valence-electron chi connectivity index (χ3n) is 2.79. The van der Waals surface area contributed by atoms with Crippen LogP contribution in [0.15, 0.2) is 41.8 Å². The van der Waals surface area contributed by atoms with Gasteiger partial charge < -0.3 is 5.73 Å². The van der Waals surface area contributed by atoms with Crippen molar-refractivity contribution in [1.29, 1.82) is 0 Å². The highest BCUT2D eigenvalue weighted by Gasteiger charge is 2.11. The summed E-state index contributed by atoms with van der Waals surface area (Å²) >= 11 is 1.80. The van der Waals surface area contributed by atoms with Crippen LogP contribution < -0.4 is 5.73 Å². The van der Waals surface area contributed by atoms with Gasteiger partial charge in [0.2, 0.25) is 0 Å². The first-order chi connectivity index (χ1) is 7.79. The van der Waals surface area contributed by atoms with Crippen molar-refractivity contribution >= 4 is 11.3 Å². The molecule has 1 unspecified atom stereocenters. The molecule has 0 fully saturated rings. The van der Waals surface area contributed by atoms with Crippen LogP contribution in [0.4, 0.5) is 0 Å². The molecule has 1 nitrogen and oxygen atoms in total. The molecule has 0 radical (unpaired) electrons. The molecule has 84 valence electrons. The Morgan fingerprint density at radius 1 is 1.25 bits per heavy atom. The second kappa shape index (κ2) is 5.28. The molecule has 0 aliphatic carbocycles. The summed E-state index contributed by atoms with van der Waals surface area (Å²) in [6, 6.07) is 13.0. The summed E-state index contributed by atoms with van der Waals surface area (Å²) in [6.07, 6.45) is 1.04. The van der Waals surface area contributed by atoms with E-state index in [1.807, 2.05) is 0 Å². The Kier molecular flexibility index (Phi) is 3.75. The van der Waals surface area contributed by atoms with Crippen LogP contribution in [-0.4, -0.2) is 6.54 Å². The van der Waals surface area contributed by atoms with Crippen LogP contribution in [0.1, 0.15) is 21.9 Å². The summed E-state index contributed by atoms with van der Waals surface area (Å²) < 4.78 is 0. The van der Waals surface area contributed by atoms with Crippen molar-refractivity contribution in [2.75, 3.05) is 6.54 Å². The van der Waals surface area contributed by atoms with E-state index in [0.29, 0.717) is 12.5 Å². The zero-order valence-electron chi connectivity index (χ0n) is 9.52. The number of hydrogen-bond acceptors (Lipinski definition) is 2. The molecule has 0 saturated carbocycles. The molecular formula is C14H17NS. The molecule has 0 amide bonds. The predicted octanol–water partition coefficient (Wildman–Crippen LogP) is 3.34. The largest absolute Gasteiger partial charge is 0.330 e. The lowest BCUT2D eigenvalue weighted by Gasteiger charge is -2.13. The number of thiophene rings is 1. The van der Waals surface area contributed by atoms with Gasteiger partial charge in [0.05, 0.1) is 0 Å². The SMILES string of the molecule is Cc1cccc(CC(CN)c2cccs2)c1. The second-order valence-corrected chi connectivity index (χ2v) is 5.12. The van der Waals surface area contributed by atoms with E-state index >= 15 is 0 Å². The van der Waals surface area contributed by atoms with Gasteiger partial charge in [-0.25, -0.2) is 0 Å². The van der Waals surface area contributed by atoms with Crippen molar-refractivity contribution in [3.63, 3.8) is 0 Å². The molecule has 0 saturated heterocycles. The average molecular weight is 231 g/mol. The normalized spacial score (nSPS) is 12.6. The molecule has 1 heterocycles. The number of hydrogen-bond donors (Lipinski definition) is 1. The van der Waals surface area contributed by atoms with Gasteiger partial charge in [0.25, 0.3) is 0 Å². The van der Waals surface area contributed by atoms with Crippen LogP contribution >= 0.6 is 11.3 Å². The van der Waals surface area contributed by atoms with Gasteiger partial charge in [-0.05, 0) is 30.4 Å². The molecule has 0 aliphatic rings. The minimum absolute atomic E-state index is 0.460. The van der Waals surface area contributed by atoms with Gasteiger partial charge in [0.1, 0.15) is 0 Å². The lowest BCUT2D eigenvalue weighted by molar-refractivity contribution is 0.707. The summed E-state index contributed by atoms with van der Waals surface area (Å²) in [5.74, 6) is 0.460. The van der Waals surface area contributed by atoms with Crippen molar-refractivity contribution in [3.05, 3.63) is 57.8 Å². The summed E-state index contributed by atoms with van der Waals surface area (Å²) in [7, 11) is 0. The fraction of sp³-hybridized carbons (Fsp3) is 0.286. The van der Waals surface area contributed by atoms with Crippen LogP contribution in [0.2, 0.25) is 0 Å². The Hall–Kier alpha value is -1.12. The van der Waals surface area contributed by atoms with Gasteiger partial charge in [0.15, 0.2) is 0 Å². The summed E-state index contributed by atoms with van der Waals surface area (Å²) in [5, 5.41) is 2.12. The molecular weight excluding hydrogens is 214 g/mol. The van der Waals surface area contributed by atoms with Crippen LogP contribution in [0.3, 0.4) is 0 Å². The highest BCUT2D eigenvalue weighted by Crippen LogP contribution is 2.24. The minimum atomic E-state index is 0.460. The standard InChI is InChI=1S/C14H17NS/c1-11-4-2-5-12(8-11)9-13(10-15)14-6-3-7-16-14/h2-8,13H,9-10,15H2,1H3. The molecule has 2 N–H and O–H groups in total. The van der Waals surface area contributed by atoms with E-state index in [1.54, 1.807) is 11.3 Å². The fourth-order valence-electron chi connectivity index (χ4n) is 1.95.